The average molecular weight is 1340 g/mol. The summed E-state index contributed by atoms with van der Waals surface area (Å²) < 4.78 is 1.06. The summed E-state index contributed by atoms with van der Waals surface area (Å²) in [5.74, 6) is 6.55. The van der Waals surface area contributed by atoms with Gasteiger partial charge in [-0.2, -0.15) is 0 Å². The van der Waals surface area contributed by atoms with E-state index in [4.69, 9.17) is 152 Å². The van der Waals surface area contributed by atoms with Crippen LogP contribution in [0.4, 0.5) is 0 Å². The molecule has 16 atom stereocenters. The molecule has 32 radical (unpaired) electrons. The summed E-state index contributed by atoms with van der Waals surface area (Å²) in [4.78, 5) is 31.6. The number of rotatable bonds is 17. The number of halogens is 3. The maximum Gasteiger partial charge on any atom is 0.249 e. The number of Topliss-reactive ketones (excluding diaryl/α,β-unsaturated/α-hetero) is 1. The lowest BCUT2D eigenvalue weighted by atomic mass is 8.31. The minimum atomic E-state index is -1.07. The van der Waals surface area contributed by atoms with Gasteiger partial charge in [-0.3, -0.25) is 14.4 Å². The summed E-state index contributed by atoms with van der Waals surface area (Å²) in [6.45, 7) is 14.0. The lowest BCUT2D eigenvalue weighted by Crippen LogP contribution is -2.88. The second kappa shape index (κ2) is 34.8. The van der Waals surface area contributed by atoms with Crippen molar-refractivity contribution in [2.45, 2.75) is 176 Å². The van der Waals surface area contributed by atoms with Gasteiger partial charge in [0.1, 0.15) is 0 Å². The average Bonchev–Trinajstić information content (AvgIpc) is 1.29. The van der Waals surface area contributed by atoms with Gasteiger partial charge in [0.05, 0.1) is 18.3 Å². The molecule has 8 aliphatic rings. The zero-order chi connectivity index (χ0) is 71.0. The standard InChI is InChI=1S/C27H37ClO2.C23H39NO3.C6H4BrCl.CH4.B30/c1-25(30)14-15-26(2)18(16-25)6-9-20-21-10-11-23(27(21,3)13-12-22(20)26)24(29)17-4-7-19(28)8-5-17;1-21(26)12-13-22(2)15(14-21)6-7-16-17-8-9-19(20(25)24(4)27-5)23(17,3)11-10-18(16)22;7-5-1-3-6(8)4-2-5;;1-17(2)25(18(3)4)29(26(19(5)6)20(7)8)30(27(21(9)10)22(11)12)28(23(13)14)24(15)16/h4-5,7-8,18,20-23,30H,6,9-16H2,1-3H3;15-19,26H,6-14H2,1-5H3;1-4H;1H4;/t18-,20-,21-,22-,23+,25+,26-,27-;15-,16-,17-,18-,19+,21+,22-,23-;;;/m00.../s1. The highest BCUT2D eigenvalue weighted by atomic mass is 79.9. The molecule has 10 rings (SSSR count). The molecule has 0 aromatic heterocycles. The van der Waals surface area contributed by atoms with Gasteiger partial charge in [0.2, 0.25) is 5.91 Å². The second-order valence-corrected chi connectivity index (χ2v) is 34.3. The Morgan fingerprint density at radius 2 is 0.760 bits per heavy atom. The smallest absolute Gasteiger partial charge is 0.249 e. The van der Waals surface area contributed by atoms with Gasteiger partial charge >= 0.3 is 0 Å². The lowest BCUT2D eigenvalue weighted by Gasteiger charge is -2.61. The Bertz CT molecular complexity index is 2700. The monoisotopic (exact) mass is 1340 g/mol. The molecule has 0 aliphatic heterocycles. The third kappa shape index (κ3) is 18.6. The van der Waals surface area contributed by atoms with Crippen molar-refractivity contribution in [1.29, 1.82) is 0 Å². The molecule has 458 valence electrons. The zero-order valence-corrected chi connectivity index (χ0v) is 61.2. The van der Waals surface area contributed by atoms with Crippen molar-refractivity contribution in [1.82, 2.24) is 5.06 Å². The van der Waals surface area contributed by atoms with Gasteiger partial charge in [-0.25, -0.2) is 5.06 Å². The fourth-order valence-corrected chi connectivity index (χ4v) is 22.4. The van der Waals surface area contributed by atoms with Crippen molar-refractivity contribution < 1.29 is 24.6 Å². The topological polar surface area (TPSA) is 87.1 Å². The van der Waals surface area contributed by atoms with Crippen molar-refractivity contribution in [3.63, 3.8) is 0 Å². The number of carbonyl (C=O) groups is 2. The Morgan fingerprint density at radius 1 is 0.448 bits per heavy atom. The molecular weight excluding hydrogens is 1250 g/mol. The summed E-state index contributed by atoms with van der Waals surface area (Å²) in [6.07, 6.45) is 6.94. The molecule has 2 aromatic rings. The molecule has 0 heterocycles. The molecule has 0 unspecified atom stereocenters. The molecule has 0 spiro atoms. The van der Waals surface area contributed by atoms with E-state index in [1.807, 2.05) is 62.4 Å². The Hall–Kier alpha value is 0.468. The van der Waals surface area contributed by atoms with Crippen LogP contribution in [0.5, 0.6) is 0 Å². The van der Waals surface area contributed by atoms with E-state index >= 15 is 0 Å². The SMILES string of the molecule is C.CON(C)C(=O)[C@H]1CC[C@H]2[C@@H]3CC[C@H]4C[C@](C)(O)CC[C@]4(C)[C@H]3CC[C@]12C.C[C@@]1(O)CC[C@@]2(C)[C@@H](CC[C@@H]3[C@@H]2CC[C@]2(C)[C@@H](C(=O)c4ccc(Cl)cc4)CC[C@@H]32)C1.Clc1ccc(Br)cc1.[B]B([B])B(B([B])[B])B(B(B([B])[B])B([B])[B])B(B(B([B])[B])B([B])[B])B(B([B])[B])B([B])[B]. The number of fused-ring (bicyclic) bond motifs is 10. The molecule has 2 aromatic carbocycles. The van der Waals surface area contributed by atoms with E-state index in [0.717, 1.165) is 77.3 Å². The first-order valence-corrected chi connectivity index (χ1v) is 36.7. The van der Waals surface area contributed by atoms with Crippen LogP contribution < -0.4 is 0 Å². The first-order valence-electron chi connectivity index (χ1n) is 35.2. The van der Waals surface area contributed by atoms with E-state index in [1.54, 1.807) is 14.2 Å². The third-order valence-electron chi connectivity index (χ3n) is 26.8. The fraction of sp³-hybridized carbons (Fsp3) is 0.754. The maximum absolute atomic E-state index is 13.5. The molecule has 8 aliphatic carbocycles. The normalized spacial score (nSPS) is 33.3. The maximum atomic E-state index is 13.5. The minimum absolute atomic E-state index is 0. The van der Waals surface area contributed by atoms with Crippen LogP contribution in [-0.2, 0) is 9.63 Å². The van der Waals surface area contributed by atoms with Gasteiger partial charge in [0, 0.05) is 252 Å². The van der Waals surface area contributed by atoms with E-state index in [1.165, 1.54) is 82.1 Å². The van der Waals surface area contributed by atoms with Gasteiger partial charge < -0.3 is 10.2 Å². The van der Waals surface area contributed by atoms with Crippen molar-refractivity contribution in [2.24, 2.45) is 80.8 Å². The van der Waals surface area contributed by atoms with Crippen molar-refractivity contribution >= 4 is 264 Å². The number of benzene rings is 2. The van der Waals surface area contributed by atoms with Crippen LogP contribution in [0.2, 0.25) is 10.0 Å². The molecule has 1 amide bonds. The van der Waals surface area contributed by atoms with E-state index in [2.05, 4.69) is 43.6 Å². The number of hydrogen-bond acceptors (Lipinski definition) is 5. The van der Waals surface area contributed by atoms with Crippen molar-refractivity contribution in [3.05, 3.63) is 68.6 Å². The molecule has 8 fully saturated rings. The number of aliphatic hydroxyl groups is 2. The zero-order valence-electron chi connectivity index (χ0n) is 58.1. The summed E-state index contributed by atoms with van der Waals surface area (Å²) in [5, 5.41) is 24.2. The van der Waals surface area contributed by atoms with Crippen molar-refractivity contribution in [2.75, 3.05) is 14.2 Å². The van der Waals surface area contributed by atoms with Crippen LogP contribution in [0.3, 0.4) is 0 Å². The summed E-state index contributed by atoms with van der Waals surface area (Å²) in [5.41, 5.74) is 0.941. The molecule has 0 bridgehead atoms. The molecule has 0 saturated heterocycles. The van der Waals surface area contributed by atoms with Crippen molar-refractivity contribution in [3.8, 4) is 0 Å². The first-order chi connectivity index (χ1) is 44.1. The van der Waals surface area contributed by atoms with Gasteiger partial charge in [0.15, 0.2) is 5.78 Å². The van der Waals surface area contributed by atoms with Crippen LogP contribution in [0, 0.1) is 80.8 Å². The molecule has 39 heteroatoms. The number of hydrogen-bond donors (Lipinski definition) is 2. The van der Waals surface area contributed by atoms with Crippen LogP contribution >= 0.6 is 39.1 Å². The largest absolute Gasteiger partial charge is 0.390 e. The summed E-state index contributed by atoms with van der Waals surface area (Å²) >= 11 is 14.9. The fourth-order valence-electron chi connectivity index (χ4n) is 21.9. The highest BCUT2D eigenvalue weighted by Crippen LogP contribution is 2.70. The third-order valence-corrected chi connectivity index (χ3v) is 27.8. The highest BCUT2D eigenvalue weighted by Gasteiger charge is 2.64. The summed E-state index contributed by atoms with van der Waals surface area (Å²) in [6, 6.07) is 15.0. The van der Waals surface area contributed by atoms with Gasteiger partial charge in [-0.1, -0.05) is 74.3 Å². The predicted molar refractivity (Wildman–Crippen MR) is 446 cm³/mol. The molecule has 96 heavy (non-hydrogen) atoms. The van der Waals surface area contributed by atoms with E-state index in [0.29, 0.717) is 45.3 Å². The van der Waals surface area contributed by atoms with Gasteiger partial charge in [0.25, 0.3) is 0 Å². The number of carbonyl (C=O) groups excluding carboxylic acids is 2. The van der Waals surface area contributed by atoms with Crippen LogP contribution in [0.25, 0.3) is 0 Å². The van der Waals surface area contributed by atoms with E-state index in [-0.39, 0.29) is 36.0 Å². The number of hydroxylamine groups is 2. The number of nitrogens with zero attached hydrogens (tertiary/aromatic N) is 1. The number of amides is 1. The first kappa shape index (κ1) is 85.4. The van der Waals surface area contributed by atoms with Crippen LogP contribution in [0.15, 0.2) is 53.0 Å². The van der Waals surface area contributed by atoms with Crippen LogP contribution in [-0.4, -0.2) is 266 Å². The van der Waals surface area contributed by atoms with E-state index < -0.39 is 101 Å². The minimum Gasteiger partial charge on any atom is -0.390 e. The molecule has 6 nitrogen and oxygen atoms in total. The second-order valence-electron chi connectivity index (χ2n) is 32.5. The number of ketones is 1. The Morgan fingerprint density at radius 3 is 1.08 bits per heavy atom. The predicted octanol–water partition coefficient (Wildman–Crippen LogP) is 3.66. The Labute approximate surface area is 628 Å². The lowest BCUT2D eigenvalue weighted by molar-refractivity contribution is -0.182. The quantitative estimate of drug-likeness (QED) is 0.144. The molecule has 2 N–H and O–H groups in total. The van der Waals surface area contributed by atoms with Crippen LogP contribution in [0.1, 0.15) is 175 Å². The van der Waals surface area contributed by atoms with E-state index in [9.17, 15) is 19.8 Å². The molecular formula is C57H84B30BrCl2NO5. The Balaban J connectivity index is 0.000000214. The highest BCUT2D eigenvalue weighted by molar-refractivity contribution is 9.10. The van der Waals surface area contributed by atoms with Gasteiger partial charge in [-0.15, -0.1) is 0 Å². The summed E-state index contributed by atoms with van der Waals surface area (Å²) in [7, 11) is 99.7. The Kier molecular flexibility index (Phi) is 31.0. The van der Waals surface area contributed by atoms with Gasteiger partial charge in [-0.05, 0) is 247 Å². The molecule has 8 saturated carbocycles.